The summed E-state index contributed by atoms with van der Waals surface area (Å²) in [6.45, 7) is 9.12. The van der Waals surface area contributed by atoms with Crippen LogP contribution < -0.4 is 10.6 Å². The van der Waals surface area contributed by atoms with Crippen molar-refractivity contribution >= 4 is 11.9 Å². The average Bonchev–Trinajstić information content (AvgIpc) is 3.26. The Morgan fingerprint density at radius 2 is 2.10 bits per heavy atom. The Balaban J connectivity index is 1.69. The van der Waals surface area contributed by atoms with Gasteiger partial charge in [-0.15, -0.1) is 0 Å². The molecule has 1 heterocycles. The van der Waals surface area contributed by atoms with Crippen molar-refractivity contribution in [3.63, 3.8) is 0 Å². The van der Waals surface area contributed by atoms with Gasteiger partial charge < -0.3 is 25.0 Å². The van der Waals surface area contributed by atoms with Crippen LogP contribution in [0.15, 0.2) is 35.3 Å². The van der Waals surface area contributed by atoms with Crippen LogP contribution in [0.25, 0.3) is 0 Å². The molecule has 1 atom stereocenters. The first-order valence-corrected chi connectivity index (χ1v) is 10.8. The second-order valence-corrected chi connectivity index (χ2v) is 7.08. The fourth-order valence-electron chi connectivity index (χ4n) is 3.14. The summed E-state index contributed by atoms with van der Waals surface area (Å²) >= 11 is 0. The first-order chi connectivity index (χ1) is 14.2. The van der Waals surface area contributed by atoms with Gasteiger partial charge in [-0.05, 0) is 38.7 Å². The number of rotatable bonds is 12. The van der Waals surface area contributed by atoms with Crippen molar-refractivity contribution in [2.75, 3.05) is 46.0 Å². The molecule has 1 unspecified atom stereocenters. The Hall–Kier alpha value is -2.12. The number of likely N-dealkylation sites (N-methyl/N-ethyl adjacent to an activating group) is 1. The summed E-state index contributed by atoms with van der Waals surface area (Å²) in [6, 6.07) is 10.0. The lowest BCUT2D eigenvalue weighted by Crippen LogP contribution is -2.39. The van der Waals surface area contributed by atoms with Gasteiger partial charge in [0.2, 0.25) is 5.91 Å². The van der Waals surface area contributed by atoms with Crippen LogP contribution in [0.3, 0.4) is 0 Å². The molecule has 0 saturated carbocycles. The monoisotopic (exact) mass is 404 g/mol. The van der Waals surface area contributed by atoms with E-state index in [1.54, 1.807) is 0 Å². The Labute approximate surface area is 174 Å². The van der Waals surface area contributed by atoms with Crippen LogP contribution in [0.5, 0.6) is 0 Å². The molecule has 1 aromatic rings. The van der Waals surface area contributed by atoms with Crippen molar-refractivity contribution in [2.24, 2.45) is 4.99 Å². The van der Waals surface area contributed by atoms with E-state index in [9.17, 15) is 4.79 Å². The molecule has 0 aliphatic carbocycles. The van der Waals surface area contributed by atoms with Crippen LogP contribution >= 0.6 is 0 Å². The number of nitrogens with one attached hydrogen (secondary N) is 2. The third kappa shape index (κ3) is 9.28. The molecule has 1 fully saturated rings. The summed E-state index contributed by atoms with van der Waals surface area (Å²) in [6.07, 6.45) is 3.38. The summed E-state index contributed by atoms with van der Waals surface area (Å²) in [5.41, 5.74) is 1.12. The van der Waals surface area contributed by atoms with Crippen LogP contribution in [-0.2, 0) is 20.8 Å². The molecule has 1 saturated heterocycles. The minimum atomic E-state index is 0.0217. The lowest BCUT2D eigenvalue weighted by atomic mass is 10.2. The number of carbonyl (C=O) groups is 1. The van der Waals surface area contributed by atoms with Gasteiger partial charge in [0.1, 0.15) is 6.54 Å². The lowest BCUT2D eigenvalue weighted by molar-refractivity contribution is -0.130. The molecule has 2 rings (SSSR count). The minimum absolute atomic E-state index is 0.0217. The highest BCUT2D eigenvalue weighted by atomic mass is 16.5. The molecule has 1 aliphatic heterocycles. The molecule has 2 N–H and O–H groups in total. The zero-order chi connectivity index (χ0) is 20.7. The van der Waals surface area contributed by atoms with E-state index in [1.165, 1.54) is 0 Å². The van der Waals surface area contributed by atoms with Crippen molar-refractivity contribution < 1.29 is 14.3 Å². The predicted octanol–water partition coefficient (Wildman–Crippen LogP) is 2.18. The second kappa shape index (κ2) is 14.0. The van der Waals surface area contributed by atoms with Gasteiger partial charge in [-0.1, -0.05) is 30.3 Å². The number of hydrogen-bond donors (Lipinski definition) is 2. The van der Waals surface area contributed by atoms with E-state index in [0.717, 1.165) is 44.5 Å². The minimum Gasteiger partial charge on any atom is -0.379 e. The summed E-state index contributed by atoms with van der Waals surface area (Å²) in [5, 5.41) is 6.46. The molecule has 1 aromatic carbocycles. The molecular formula is C22H36N4O3. The third-order valence-electron chi connectivity index (χ3n) is 4.75. The summed E-state index contributed by atoms with van der Waals surface area (Å²) < 4.78 is 11.2. The van der Waals surface area contributed by atoms with E-state index < -0.39 is 0 Å². The number of ether oxygens (including phenoxy) is 2. The number of amides is 1. The highest BCUT2D eigenvalue weighted by Gasteiger charge is 2.15. The molecule has 1 aliphatic rings. The molecule has 7 heteroatoms. The predicted molar refractivity (Wildman–Crippen MR) is 116 cm³/mol. The Bertz CT molecular complexity index is 603. The standard InChI is InChI=1S/C22H36N4O3/c1-3-23-22(24-13-9-14-28-18-20-12-8-15-29-20)25-16-21(27)26(4-2)17-19-10-6-5-7-11-19/h5-7,10-11,20H,3-4,8-9,12-18H2,1-2H3,(H2,23,24,25). The molecule has 0 bridgehead atoms. The van der Waals surface area contributed by atoms with Gasteiger partial charge in [-0.3, -0.25) is 4.79 Å². The summed E-state index contributed by atoms with van der Waals surface area (Å²) in [4.78, 5) is 18.8. The fourth-order valence-corrected chi connectivity index (χ4v) is 3.14. The molecule has 0 spiro atoms. The first-order valence-electron chi connectivity index (χ1n) is 10.8. The van der Waals surface area contributed by atoms with E-state index in [1.807, 2.05) is 49.1 Å². The highest BCUT2D eigenvalue weighted by molar-refractivity contribution is 5.84. The molecular weight excluding hydrogens is 368 g/mol. The topological polar surface area (TPSA) is 75.2 Å². The first kappa shape index (κ1) is 23.2. The number of aliphatic imine (C=N–C) groups is 1. The van der Waals surface area contributed by atoms with E-state index in [4.69, 9.17) is 9.47 Å². The van der Waals surface area contributed by atoms with Gasteiger partial charge in [-0.2, -0.15) is 0 Å². The largest absolute Gasteiger partial charge is 0.379 e. The molecule has 0 aromatic heterocycles. The van der Waals surface area contributed by atoms with Crippen LogP contribution in [-0.4, -0.2) is 68.9 Å². The van der Waals surface area contributed by atoms with Gasteiger partial charge in [0.25, 0.3) is 0 Å². The quantitative estimate of drug-likeness (QED) is 0.317. The normalized spacial score (nSPS) is 16.6. The van der Waals surface area contributed by atoms with Gasteiger partial charge in [0, 0.05) is 39.4 Å². The maximum Gasteiger partial charge on any atom is 0.244 e. The third-order valence-corrected chi connectivity index (χ3v) is 4.75. The zero-order valence-electron chi connectivity index (χ0n) is 17.9. The zero-order valence-corrected chi connectivity index (χ0v) is 17.9. The van der Waals surface area contributed by atoms with Crippen LogP contribution in [0.2, 0.25) is 0 Å². The molecule has 162 valence electrons. The van der Waals surface area contributed by atoms with Gasteiger partial charge in [0.05, 0.1) is 12.7 Å². The number of benzene rings is 1. The van der Waals surface area contributed by atoms with E-state index >= 15 is 0 Å². The van der Waals surface area contributed by atoms with Crippen LogP contribution in [0.1, 0.15) is 38.7 Å². The van der Waals surface area contributed by atoms with Gasteiger partial charge >= 0.3 is 0 Å². The molecule has 29 heavy (non-hydrogen) atoms. The summed E-state index contributed by atoms with van der Waals surface area (Å²) in [5.74, 6) is 0.684. The summed E-state index contributed by atoms with van der Waals surface area (Å²) in [7, 11) is 0. The maximum absolute atomic E-state index is 12.6. The highest BCUT2D eigenvalue weighted by Crippen LogP contribution is 2.11. The smallest absolute Gasteiger partial charge is 0.244 e. The molecule has 0 radical (unpaired) electrons. The van der Waals surface area contributed by atoms with E-state index in [0.29, 0.717) is 32.3 Å². The van der Waals surface area contributed by atoms with Gasteiger partial charge in [0.15, 0.2) is 5.96 Å². The molecule has 7 nitrogen and oxygen atoms in total. The van der Waals surface area contributed by atoms with Crippen LogP contribution in [0.4, 0.5) is 0 Å². The van der Waals surface area contributed by atoms with Crippen molar-refractivity contribution in [2.45, 2.75) is 45.8 Å². The Kier molecular flexibility index (Phi) is 11.1. The number of nitrogens with zero attached hydrogens (tertiary/aromatic N) is 2. The van der Waals surface area contributed by atoms with Crippen LogP contribution in [0, 0.1) is 0 Å². The second-order valence-electron chi connectivity index (χ2n) is 7.08. The van der Waals surface area contributed by atoms with Crippen molar-refractivity contribution in [3.8, 4) is 0 Å². The Morgan fingerprint density at radius 3 is 2.79 bits per heavy atom. The van der Waals surface area contributed by atoms with E-state index in [2.05, 4.69) is 15.6 Å². The number of hydrogen-bond acceptors (Lipinski definition) is 4. The average molecular weight is 405 g/mol. The maximum atomic E-state index is 12.6. The van der Waals surface area contributed by atoms with Crippen molar-refractivity contribution in [1.82, 2.24) is 15.5 Å². The van der Waals surface area contributed by atoms with Gasteiger partial charge in [-0.25, -0.2) is 4.99 Å². The number of carbonyl (C=O) groups excluding carboxylic acids is 1. The SMILES string of the molecule is CCNC(=NCC(=O)N(CC)Cc1ccccc1)NCCCOCC1CCCO1. The lowest BCUT2D eigenvalue weighted by Gasteiger charge is -2.20. The van der Waals surface area contributed by atoms with Crippen molar-refractivity contribution in [1.29, 1.82) is 0 Å². The van der Waals surface area contributed by atoms with E-state index in [-0.39, 0.29) is 18.6 Å². The molecule has 1 amide bonds. The number of guanidine groups is 1. The van der Waals surface area contributed by atoms with Crippen molar-refractivity contribution in [3.05, 3.63) is 35.9 Å². The fraction of sp³-hybridized carbons (Fsp3) is 0.636. The Morgan fingerprint density at radius 1 is 1.28 bits per heavy atom.